The van der Waals surface area contributed by atoms with E-state index in [-0.39, 0.29) is 17.1 Å². The molecule has 1 atom stereocenters. The quantitative estimate of drug-likeness (QED) is 0.209. The van der Waals surface area contributed by atoms with Gasteiger partial charge in [-0.3, -0.25) is 14.5 Å². The van der Waals surface area contributed by atoms with Gasteiger partial charge >= 0.3 is 5.91 Å². The molecule has 2 N–H and O–H groups in total. The summed E-state index contributed by atoms with van der Waals surface area (Å²) in [5.41, 5.74) is 3.53. The number of phenols is 1. The second-order valence-electron chi connectivity index (χ2n) is 8.65. The summed E-state index contributed by atoms with van der Waals surface area (Å²) >= 11 is 1.30. The van der Waals surface area contributed by atoms with Gasteiger partial charge in [0.05, 0.1) is 28.4 Å². The zero-order chi connectivity index (χ0) is 25.6. The number of aromatic nitrogens is 1. The summed E-state index contributed by atoms with van der Waals surface area (Å²) in [5, 5.41) is 21.9. The Bertz CT molecular complexity index is 1550. The number of phenolic OH excluding ortho intramolecular Hbond substituents is 1. The molecule has 3 aromatic carbocycles. The third kappa shape index (κ3) is 3.99. The van der Waals surface area contributed by atoms with Crippen molar-refractivity contribution < 1.29 is 24.5 Å². The number of ether oxygens (including phenoxy) is 1. The summed E-state index contributed by atoms with van der Waals surface area (Å²) < 4.78 is 6.43. The Morgan fingerprint density at radius 2 is 1.86 bits per heavy atom. The van der Waals surface area contributed by atoms with E-state index < -0.39 is 17.7 Å². The van der Waals surface area contributed by atoms with Crippen molar-refractivity contribution in [2.24, 2.45) is 0 Å². The van der Waals surface area contributed by atoms with E-state index in [0.29, 0.717) is 28.6 Å². The molecule has 1 amide bonds. The first-order valence-corrected chi connectivity index (χ1v) is 12.3. The molecule has 0 bridgehead atoms. The van der Waals surface area contributed by atoms with Gasteiger partial charge in [0, 0.05) is 5.56 Å². The zero-order valence-corrected chi connectivity index (χ0v) is 20.8. The van der Waals surface area contributed by atoms with Gasteiger partial charge in [-0.2, -0.15) is 0 Å². The van der Waals surface area contributed by atoms with Crippen LogP contribution in [-0.4, -0.2) is 33.5 Å². The molecular formula is C28H24N2O5S. The molecule has 0 aliphatic carbocycles. The van der Waals surface area contributed by atoms with Crippen LogP contribution in [0.4, 0.5) is 5.13 Å². The Balaban J connectivity index is 1.73. The second kappa shape index (κ2) is 9.13. The predicted octanol–water partition coefficient (Wildman–Crippen LogP) is 5.64. The van der Waals surface area contributed by atoms with Gasteiger partial charge in [0.25, 0.3) is 5.78 Å². The molecule has 0 spiro atoms. The molecule has 2 heterocycles. The van der Waals surface area contributed by atoms with Crippen LogP contribution in [0.1, 0.15) is 35.2 Å². The van der Waals surface area contributed by atoms with Crippen molar-refractivity contribution >= 4 is 44.1 Å². The Hall–Kier alpha value is -4.17. The average molecular weight is 501 g/mol. The van der Waals surface area contributed by atoms with Crippen molar-refractivity contribution in [1.82, 2.24) is 4.98 Å². The van der Waals surface area contributed by atoms with Gasteiger partial charge in [0.1, 0.15) is 17.3 Å². The predicted molar refractivity (Wildman–Crippen MR) is 140 cm³/mol. The molecule has 36 heavy (non-hydrogen) atoms. The van der Waals surface area contributed by atoms with E-state index >= 15 is 0 Å². The van der Waals surface area contributed by atoms with Crippen LogP contribution in [0.3, 0.4) is 0 Å². The minimum atomic E-state index is -0.977. The highest BCUT2D eigenvalue weighted by Gasteiger charge is 2.48. The van der Waals surface area contributed by atoms with E-state index in [2.05, 4.69) is 0 Å². The number of rotatable bonds is 5. The minimum absolute atomic E-state index is 0.0211. The van der Waals surface area contributed by atoms with Gasteiger partial charge in [-0.15, -0.1) is 0 Å². The molecule has 4 aromatic rings. The first kappa shape index (κ1) is 23.6. The number of carbonyl (C=O) groups is 2. The lowest BCUT2D eigenvalue weighted by molar-refractivity contribution is -0.132. The van der Waals surface area contributed by atoms with Gasteiger partial charge in [0.2, 0.25) is 0 Å². The standard InChI is InChI=1S/C28H24N2O5S/c1-4-35-20-10-6-8-18(14-20)25(32)22-24(17-7-5-9-19(31)13-17)30(27(34)26(22)33)28-29-23-16(3)11-15(2)12-21(23)36-28/h5-14,24,31-32H,4H2,1-3H3. The summed E-state index contributed by atoms with van der Waals surface area (Å²) in [4.78, 5) is 32.8. The molecule has 5 rings (SSSR count). The van der Waals surface area contributed by atoms with Crippen LogP contribution in [0.25, 0.3) is 16.0 Å². The van der Waals surface area contributed by atoms with Crippen molar-refractivity contribution in [2.45, 2.75) is 26.8 Å². The summed E-state index contributed by atoms with van der Waals surface area (Å²) in [6.07, 6.45) is 0. The van der Waals surface area contributed by atoms with Crippen molar-refractivity contribution in [1.29, 1.82) is 0 Å². The minimum Gasteiger partial charge on any atom is -0.508 e. The highest BCUT2D eigenvalue weighted by atomic mass is 32.1. The van der Waals surface area contributed by atoms with Crippen molar-refractivity contribution in [2.75, 3.05) is 11.5 Å². The Kier molecular flexibility index (Phi) is 5.97. The number of aliphatic hydroxyl groups excluding tert-OH is 1. The summed E-state index contributed by atoms with van der Waals surface area (Å²) in [5.74, 6) is -1.43. The SMILES string of the molecule is CCOc1cccc(C(O)=C2C(=O)C(=O)N(c3nc4c(C)cc(C)cc4s3)C2c2cccc(O)c2)c1. The monoisotopic (exact) mass is 500 g/mol. The van der Waals surface area contributed by atoms with Crippen LogP contribution in [0, 0.1) is 13.8 Å². The number of carbonyl (C=O) groups excluding carboxylic acids is 2. The third-order valence-corrected chi connectivity index (χ3v) is 7.08. The summed E-state index contributed by atoms with van der Waals surface area (Å²) in [6, 6.07) is 16.1. The maximum Gasteiger partial charge on any atom is 0.301 e. The highest BCUT2D eigenvalue weighted by molar-refractivity contribution is 7.22. The van der Waals surface area contributed by atoms with Crippen LogP contribution < -0.4 is 9.64 Å². The van der Waals surface area contributed by atoms with Crippen molar-refractivity contribution in [3.8, 4) is 11.5 Å². The van der Waals surface area contributed by atoms with Gasteiger partial charge < -0.3 is 14.9 Å². The average Bonchev–Trinajstić information content (AvgIpc) is 3.38. The molecule has 1 aliphatic rings. The topological polar surface area (TPSA) is 100.0 Å². The fourth-order valence-electron chi connectivity index (χ4n) is 4.56. The molecule has 1 aromatic heterocycles. The van der Waals surface area contributed by atoms with Gasteiger partial charge in [-0.25, -0.2) is 4.98 Å². The molecular weight excluding hydrogens is 476 g/mol. The Labute approximate surface area is 211 Å². The van der Waals surface area contributed by atoms with E-state index in [9.17, 15) is 19.8 Å². The maximum atomic E-state index is 13.4. The van der Waals surface area contributed by atoms with Gasteiger partial charge in [-0.05, 0) is 67.8 Å². The normalized spacial score (nSPS) is 17.2. The number of hydrogen-bond donors (Lipinski definition) is 2. The molecule has 1 unspecified atom stereocenters. The fourth-order valence-corrected chi connectivity index (χ4v) is 5.73. The third-order valence-electron chi connectivity index (χ3n) is 6.07. The number of anilines is 1. The number of Topliss-reactive ketones (excluding diaryl/α,β-unsaturated/α-hetero) is 1. The second-order valence-corrected chi connectivity index (χ2v) is 9.66. The van der Waals surface area contributed by atoms with Gasteiger partial charge in [0.15, 0.2) is 5.13 Å². The fraction of sp³-hybridized carbons (Fsp3) is 0.179. The first-order chi connectivity index (χ1) is 17.3. The highest BCUT2D eigenvalue weighted by Crippen LogP contribution is 2.45. The van der Waals surface area contributed by atoms with Crippen LogP contribution in [0.2, 0.25) is 0 Å². The molecule has 8 heteroatoms. The lowest BCUT2D eigenvalue weighted by atomic mass is 9.95. The maximum absolute atomic E-state index is 13.4. The Morgan fingerprint density at radius 3 is 2.61 bits per heavy atom. The number of ketones is 1. The van der Waals surface area contributed by atoms with Gasteiger partial charge in [-0.1, -0.05) is 41.7 Å². The number of benzene rings is 3. The number of aromatic hydroxyl groups is 1. The lowest BCUT2D eigenvalue weighted by Crippen LogP contribution is -2.29. The number of amides is 1. The number of aryl methyl sites for hydroxylation is 2. The molecule has 1 aliphatic heterocycles. The van der Waals surface area contributed by atoms with Crippen molar-refractivity contribution in [3.05, 3.63) is 88.5 Å². The Morgan fingerprint density at radius 1 is 1.08 bits per heavy atom. The zero-order valence-electron chi connectivity index (χ0n) is 20.0. The largest absolute Gasteiger partial charge is 0.508 e. The van der Waals surface area contributed by atoms with E-state index in [0.717, 1.165) is 21.3 Å². The van der Waals surface area contributed by atoms with Crippen molar-refractivity contribution in [3.63, 3.8) is 0 Å². The molecule has 0 saturated carbocycles. The van der Waals surface area contributed by atoms with Crippen LogP contribution in [-0.2, 0) is 9.59 Å². The van der Waals surface area contributed by atoms with Crippen LogP contribution in [0.5, 0.6) is 11.5 Å². The van der Waals surface area contributed by atoms with E-state index in [4.69, 9.17) is 9.72 Å². The van der Waals surface area contributed by atoms with E-state index in [1.54, 1.807) is 36.4 Å². The van der Waals surface area contributed by atoms with Crippen LogP contribution >= 0.6 is 11.3 Å². The smallest absolute Gasteiger partial charge is 0.301 e. The number of nitrogens with zero attached hydrogens (tertiary/aromatic N) is 2. The molecule has 1 saturated heterocycles. The number of aliphatic hydroxyl groups is 1. The van der Waals surface area contributed by atoms with E-state index in [1.165, 1.54) is 28.4 Å². The molecule has 0 radical (unpaired) electrons. The lowest BCUT2D eigenvalue weighted by Gasteiger charge is -2.23. The molecule has 1 fully saturated rings. The molecule has 7 nitrogen and oxygen atoms in total. The molecule has 182 valence electrons. The number of fused-ring (bicyclic) bond motifs is 1. The van der Waals surface area contributed by atoms with Crippen LogP contribution in [0.15, 0.2) is 66.2 Å². The summed E-state index contributed by atoms with van der Waals surface area (Å²) in [6.45, 7) is 6.22. The first-order valence-electron chi connectivity index (χ1n) is 11.5. The number of hydrogen-bond acceptors (Lipinski definition) is 7. The van der Waals surface area contributed by atoms with E-state index in [1.807, 2.05) is 32.9 Å². The summed E-state index contributed by atoms with van der Waals surface area (Å²) in [7, 11) is 0. The number of thiazole rings is 1.